The summed E-state index contributed by atoms with van der Waals surface area (Å²) >= 11 is 0. The number of aromatic nitrogens is 1. The second kappa shape index (κ2) is 6.67. The minimum Gasteiger partial charge on any atom is -0.497 e. The van der Waals surface area contributed by atoms with E-state index < -0.39 is 5.41 Å². The molecule has 1 aromatic heterocycles. The molecule has 1 aliphatic carbocycles. The third-order valence-corrected chi connectivity index (χ3v) is 4.86. The van der Waals surface area contributed by atoms with Gasteiger partial charge in [-0.1, -0.05) is 47.6 Å². The minimum atomic E-state index is -0.553. The Morgan fingerprint density at radius 2 is 1.88 bits per heavy atom. The molecule has 0 aliphatic heterocycles. The quantitative estimate of drug-likeness (QED) is 0.738. The largest absolute Gasteiger partial charge is 0.497 e. The Kier molecular flexibility index (Phi) is 4.21. The highest BCUT2D eigenvalue weighted by molar-refractivity contribution is 5.91. The molecule has 5 heteroatoms. The number of carbonyl (C=O) groups is 1. The standard InChI is InChI=1S/C21H20N2O3/c1-25-17-9-7-15(8-10-17)14-22-20(24)21(11-12-21)19-13-18(26-23-19)16-5-3-2-4-6-16/h2-10,13H,11-12,14H2,1H3,(H,22,24). The number of hydrogen-bond donors (Lipinski definition) is 1. The van der Waals surface area contributed by atoms with E-state index in [2.05, 4.69) is 10.5 Å². The van der Waals surface area contributed by atoms with Gasteiger partial charge in [0.25, 0.3) is 0 Å². The van der Waals surface area contributed by atoms with Gasteiger partial charge in [-0.15, -0.1) is 0 Å². The van der Waals surface area contributed by atoms with E-state index in [4.69, 9.17) is 9.26 Å². The smallest absolute Gasteiger partial charge is 0.232 e. The predicted molar refractivity (Wildman–Crippen MR) is 97.7 cm³/mol. The lowest BCUT2D eigenvalue weighted by molar-refractivity contribution is -0.123. The molecule has 1 heterocycles. The van der Waals surface area contributed by atoms with Gasteiger partial charge in [0.05, 0.1) is 18.2 Å². The van der Waals surface area contributed by atoms with Crippen molar-refractivity contribution in [1.82, 2.24) is 10.5 Å². The first-order valence-electron chi connectivity index (χ1n) is 8.65. The molecule has 0 spiro atoms. The van der Waals surface area contributed by atoms with Crippen LogP contribution >= 0.6 is 0 Å². The maximum atomic E-state index is 12.8. The van der Waals surface area contributed by atoms with Crippen molar-refractivity contribution < 1.29 is 14.1 Å². The van der Waals surface area contributed by atoms with Crippen LogP contribution in [0.1, 0.15) is 24.1 Å². The Morgan fingerprint density at radius 3 is 2.54 bits per heavy atom. The van der Waals surface area contributed by atoms with Gasteiger partial charge in [0.1, 0.15) is 5.75 Å². The highest BCUT2D eigenvalue weighted by Crippen LogP contribution is 2.48. The van der Waals surface area contributed by atoms with Crippen molar-refractivity contribution in [1.29, 1.82) is 0 Å². The third kappa shape index (κ3) is 3.08. The van der Waals surface area contributed by atoms with Crippen molar-refractivity contribution in [3.05, 3.63) is 71.9 Å². The zero-order chi connectivity index (χ0) is 18.0. The number of methoxy groups -OCH3 is 1. The lowest BCUT2D eigenvalue weighted by Gasteiger charge is -2.12. The summed E-state index contributed by atoms with van der Waals surface area (Å²) in [7, 11) is 1.63. The van der Waals surface area contributed by atoms with Crippen molar-refractivity contribution in [2.75, 3.05) is 7.11 Å². The Morgan fingerprint density at radius 1 is 1.15 bits per heavy atom. The van der Waals surface area contributed by atoms with Gasteiger partial charge in [-0.3, -0.25) is 4.79 Å². The van der Waals surface area contributed by atoms with E-state index in [0.717, 1.165) is 29.7 Å². The van der Waals surface area contributed by atoms with Gasteiger partial charge in [0.15, 0.2) is 5.76 Å². The van der Waals surface area contributed by atoms with Crippen LogP contribution in [0.4, 0.5) is 0 Å². The molecule has 1 aliphatic rings. The van der Waals surface area contributed by atoms with Gasteiger partial charge in [0.2, 0.25) is 5.91 Å². The summed E-state index contributed by atoms with van der Waals surface area (Å²) in [4.78, 5) is 12.8. The summed E-state index contributed by atoms with van der Waals surface area (Å²) in [6.07, 6.45) is 1.59. The number of nitrogens with one attached hydrogen (secondary N) is 1. The van der Waals surface area contributed by atoms with Crippen LogP contribution in [-0.4, -0.2) is 18.2 Å². The minimum absolute atomic E-state index is 0.00114. The number of nitrogens with zero attached hydrogens (tertiary/aromatic N) is 1. The zero-order valence-corrected chi connectivity index (χ0v) is 14.6. The van der Waals surface area contributed by atoms with E-state index in [0.29, 0.717) is 18.0 Å². The fraction of sp³-hybridized carbons (Fsp3) is 0.238. The molecule has 5 nitrogen and oxygen atoms in total. The lowest BCUT2D eigenvalue weighted by atomic mass is 10.00. The van der Waals surface area contributed by atoms with Crippen LogP contribution in [0.2, 0.25) is 0 Å². The van der Waals surface area contributed by atoms with Crippen LogP contribution in [0.25, 0.3) is 11.3 Å². The molecular weight excluding hydrogens is 328 g/mol. The number of ether oxygens (including phenoxy) is 1. The summed E-state index contributed by atoms with van der Waals surface area (Å²) in [5, 5.41) is 7.20. The Balaban J connectivity index is 1.45. The van der Waals surface area contributed by atoms with Crippen LogP contribution in [0.5, 0.6) is 5.75 Å². The number of amides is 1. The van der Waals surface area contributed by atoms with Gasteiger partial charge in [-0.25, -0.2) is 0 Å². The molecule has 132 valence electrons. The molecular formula is C21H20N2O3. The summed E-state index contributed by atoms with van der Waals surface area (Å²) in [5.74, 6) is 1.49. The van der Waals surface area contributed by atoms with Crippen molar-refractivity contribution >= 4 is 5.91 Å². The molecule has 1 saturated carbocycles. The van der Waals surface area contributed by atoms with Crippen molar-refractivity contribution in [2.24, 2.45) is 0 Å². The van der Waals surface area contributed by atoms with Gasteiger partial charge < -0.3 is 14.6 Å². The molecule has 0 saturated heterocycles. The average Bonchev–Trinajstić information content (AvgIpc) is 3.36. The summed E-state index contributed by atoms with van der Waals surface area (Å²) in [6.45, 7) is 0.480. The third-order valence-electron chi connectivity index (χ3n) is 4.86. The SMILES string of the molecule is COc1ccc(CNC(=O)C2(c3cc(-c4ccccc4)on3)CC2)cc1. The normalized spacial score (nSPS) is 14.7. The first kappa shape index (κ1) is 16.4. The highest BCUT2D eigenvalue weighted by Gasteiger charge is 2.53. The second-order valence-electron chi connectivity index (χ2n) is 6.56. The van der Waals surface area contributed by atoms with Crippen LogP contribution in [0, 0.1) is 0 Å². The molecule has 0 atom stereocenters. The van der Waals surface area contributed by atoms with Crippen LogP contribution in [-0.2, 0) is 16.8 Å². The first-order valence-corrected chi connectivity index (χ1v) is 8.65. The van der Waals surface area contributed by atoms with Gasteiger partial charge >= 0.3 is 0 Å². The van der Waals surface area contributed by atoms with E-state index in [-0.39, 0.29) is 5.91 Å². The molecule has 4 rings (SSSR count). The maximum absolute atomic E-state index is 12.8. The summed E-state index contributed by atoms with van der Waals surface area (Å²) in [6, 6.07) is 19.3. The van der Waals surface area contributed by atoms with Gasteiger partial charge in [-0.2, -0.15) is 0 Å². The molecule has 0 bridgehead atoms. The molecule has 1 amide bonds. The zero-order valence-electron chi connectivity index (χ0n) is 14.6. The Labute approximate surface area is 152 Å². The number of rotatable bonds is 6. The molecule has 0 radical (unpaired) electrons. The van der Waals surface area contributed by atoms with Gasteiger partial charge in [-0.05, 0) is 30.5 Å². The topological polar surface area (TPSA) is 64.4 Å². The molecule has 1 fully saturated rings. The maximum Gasteiger partial charge on any atom is 0.232 e. The first-order chi connectivity index (χ1) is 12.7. The van der Waals surface area contributed by atoms with Crippen molar-refractivity contribution in [3.8, 4) is 17.1 Å². The lowest BCUT2D eigenvalue weighted by Crippen LogP contribution is -2.34. The van der Waals surface area contributed by atoms with Crippen LogP contribution in [0.3, 0.4) is 0 Å². The monoisotopic (exact) mass is 348 g/mol. The van der Waals surface area contributed by atoms with Crippen molar-refractivity contribution in [3.63, 3.8) is 0 Å². The predicted octanol–water partition coefficient (Wildman–Crippen LogP) is 3.70. The molecule has 0 unspecified atom stereocenters. The van der Waals surface area contributed by atoms with Gasteiger partial charge in [0, 0.05) is 18.2 Å². The number of hydrogen-bond acceptors (Lipinski definition) is 4. The molecule has 1 N–H and O–H groups in total. The van der Waals surface area contributed by atoms with E-state index in [1.807, 2.05) is 60.7 Å². The van der Waals surface area contributed by atoms with Crippen molar-refractivity contribution in [2.45, 2.75) is 24.8 Å². The van der Waals surface area contributed by atoms with Crippen LogP contribution in [0.15, 0.2) is 65.2 Å². The number of benzene rings is 2. The second-order valence-corrected chi connectivity index (χ2v) is 6.56. The fourth-order valence-corrected chi connectivity index (χ4v) is 3.06. The average molecular weight is 348 g/mol. The van der Waals surface area contributed by atoms with E-state index in [1.165, 1.54) is 0 Å². The van der Waals surface area contributed by atoms with E-state index in [9.17, 15) is 4.79 Å². The highest BCUT2D eigenvalue weighted by atomic mass is 16.5. The number of carbonyl (C=O) groups excluding carboxylic acids is 1. The van der Waals surface area contributed by atoms with E-state index in [1.54, 1.807) is 7.11 Å². The summed E-state index contributed by atoms with van der Waals surface area (Å²) < 4.78 is 10.6. The Bertz CT molecular complexity index is 897. The van der Waals surface area contributed by atoms with Crippen LogP contribution < -0.4 is 10.1 Å². The molecule has 3 aromatic rings. The fourth-order valence-electron chi connectivity index (χ4n) is 3.06. The Hall–Kier alpha value is -3.08. The molecule has 2 aromatic carbocycles. The molecule has 26 heavy (non-hydrogen) atoms. The summed E-state index contributed by atoms with van der Waals surface area (Å²) in [5.41, 5.74) is 2.15. The van der Waals surface area contributed by atoms with E-state index >= 15 is 0 Å².